The number of rotatable bonds is 5. The Morgan fingerprint density at radius 2 is 2.17 bits per heavy atom. The van der Waals surface area contributed by atoms with Crippen molar-refractivity contribution in [2.24, 2.45) is 0 Å². The SMILES string of the molecule is COc1cc(-c2nc(C3CNCCN3C)no2)ccc1OC(C)C. The van der Waals surface area contributed by atoms with Gasteiger partial charge in [-0.2, -0.15) is 4.98 Å². The molecule has 0 radical (unpaired) electrons. The molecule has 0 amide bonds. The molecule has 3 rings (SSSR count). The summed E-state index contributed by atoms with van der Waals surface area (Å²) in [6, 6.07) is 5.76. The van der Waals surface area contributed by atoms with Crippen LogP contribution in [0.1, 0.15) is 25.7 Å². The Kier molecular flexibility index (Phi) is 5.01. The molecule has 1 aromatic heterocycles. The third-order valence-electron chi connectivity index (χ3n) is 4.02. The van der Waals surface area contributed by atoms with Gasteiger partial charge in [-0.3, -0.25) is 4.90 Å². The first kappa shape index (κ1) is 16.7. The molecule has 0 spiro atoms. The molecule has 1 saturated heterocycles. The van der Waals surface area contributed by atoms with Crippen molar-refractivity contribution in [3.8, 4) is 23.0 Å². The monoisotopic (exact) mass is 332 g/mol. The van der Waals surface area contributed by atoms with Gasteiger partial charge in [-0.25, -0.2) is 0 Å². The number of likely N-dealkylation sites (N-methyl/N-ethyl adjacent to an activating group) is 1. The van der Waals surface area contributed by atoms with Crippen molar-refractivity contribution in [3.05, 3.63) is 24.0 Å². The van der Waals surface area contributed by atoms with Gasteiger partial charge in [0.1, 0.15) is 0 Å². The highest BCUT2D eigenvalue weighted by atomic mass is 16.5. The molecule has 0 bridgehead atoms. The summed E-state index contributed by atoms with van der Waals surface area (Å²) < 4.78 is 16.6. The molecule has 7 nitrogen and oxygen atoms in total. The van der Waals surface area contributed by atoms with Crippen molar-refractivity contribution in [1.82, 2.24) is 20.4 Å². The van der Waals surface area contributed by atoms with E-state index in [4.69, 9.17) is 14.0 Å². The van der Waals surface area contributed by atoms with E-state index in [0.29, 0.717) is 23.2 Å². The van der Waals surface area contributed by atoms with E-state index in [1.54, 1.807) is 7.11 Å². The summed E-state index contributed by atoms with van der Waals surface area (Å²) in [6.45, 7) is 6.72. The zero-order valence-electron chi connectivity index (χ0n) is 14.6. The van der Waals surface area contributed by atoms with Crippen LogP contribution in [0.4, 0.5) is 0 Å². The van der Waals surface area contributed by atoms with Crippen LogP contribution in [-0.4, -0.2) is 54.9 Å². The average molecular weight is 332 g/mol. The average Bonchev–Trinajstić information content (AvgIpc) is 3.05. The van der Waals surface area contributed by atoms with Gasteiger partial charge in [-0.05, 0) is 39.1 Å². The lowest BCUT2D eigenvalue weighted by Gasteiger charge is -2.30. The summed E-state index contributed by atoms with van der Waals surface area (Å²) in [7, 11) is 3.69. The van der Waals surface area contributed by atoms with Crippen molar-refractivity contribution in [1.29, 1.82) is 0 Å². The van der Waals surface area contributed by atoms with Crippen molar-refractivity contribution >= 4 is 0 Å². The van der Waals surface area contributed by atoms with Crippen molar-refractivity contribution in [3.63, 3.8) is 0 Å². The highest BCUT2D eigenvalue weighted by Gasteiger charge is 2.25. The predicted molar refractivity (Wildman–Crippen MR) is 90.3 cm³/mol. The van der Waals surface area contributed by atoms with Crippen LogP contribution < -0.4 is 14.8 Å². The van der Waals surface area contributed by atoms with Gasteiger partial charge in [0.25, 0.3) is 5.89 Å². The molecule has 1 N–H and O–H groups in total. The summed E-state index contributed by atoms with van der Waals surface area (Å²) in [4.78, 5) is 6.79. The summed E-state index contributed by atoms with van der Waals surface area (Å²) in [5.41, 5.74) is 0.813. The second kappa shape index (κ2) is 7.19. The molecule has 2 aromatic rings. The van der Waals surface area contributed by atoms with E-state index in [1.807, 2.05) is 32.0 Å². The predicted octanol–water partition coefficient (Wildman–Crippen LogP) is 2.11. The zero-order chi connectivity index (χ0) is 17.1. The Bertz CT molecular complexity index is 686. The molecule has 24 heavy (non-hydrogen) atoms. The van der Waals surface area contributed by atoms with Gasteiger partial charge in [0.05, 0.1) is 19.3 Å². The highest BCUT2D eigenvalue weighted by molar-refractivity contribution is 5.59. The minimum atomic E-state index is 0.0779. The third-order valence-corrected chi connectivity index (χ3v) is 4.02. The first-order valence-electron chi connectivity index (χ1n) is 8.18. The summed E-state index contributed by atoms with van der Waals surface area (Å²) in [5.74, 6) is 2.53. The van der Waals surface area contributed by atoms with Crippen LogP contribution in [-0.2, 0) is 0 Å². The second-order valence-electron chi connectivity index (χ2n) is 6.19. The normalized spacial score (nSPS) is 18.8. The Labute approximate surface area is 141 Å². The molecule has 2 heterocycles. The number of aromatic nitrogens is 2. The van der Waals surface area contributed by atoms with Gasteiger partial charge in [0, 0.05) is 25.2 Å². The van der Waals surface area contributed by atoms with E-state index in [2.05, 4.69) is 27.4 Å². The third kappa shape index (κ3) is 3.52. The van der Waals surface area contributed by atoms with Gasteiger partial charge in [0.15, 0.2) is 17.3 Å². The smallest absolute Gasteiger partial charge is 0.258 e. The number of hydrogen-bond donors (Lipinski definition) is 1. The maximum absolute atomic E-state index is 5.73. The Balaban J connectivity index is 1.84. The first-order valence-corrected chi connectivity index (χ1v) is 8.18. The Morgan fingerprint density at radius 3 is 2.88 bits per heavy atom. The first-order chi connectivity index (χ1) is 11.6. The molecular formula is C17H24N4O3. The molecule has 1 aliphatic heterocycles. The van der Waals surface area contributed by atoms with E-state index < -0.39 is 0 Å². The topological polar surface area (TPSA) is 72.7 Å². The molecule has 1 unspecified atom stereocenters. The van der Waals surface area contributed by atoms with E-state index in [0.717, 1.165) is 25.2 Å². The van der Waals surface area contributed by atoms with Gasteiger partial charge >= 0.3 is 0 Å². The molecule has 1 aliphatic rings. The number of hydrogen-bond acceptors (Lipinski definition) is 7. The van der Waals surface area contributed by atoms with Crippen molar-refractivity contribution in [2.75, 3.05) is 33.8 Å². The molecular weight excluding hydrogens is 308 g/mol. The fraction of sp³-hybridized carbons (Fsp3) is 0.529. The summed E-state index contributed by atoms with van der Waals surface area (Å²) in [5, 5.41) is 7.51. The van der Waals surface area contributed by atoms with Crippen LogP contribution in [0.5, 0.6) is 11.5 Å². The minimum Gasteiger partial charge on any atom is -0.493 e. The highest BCUT2D eigenvalue weighted by Crippen LogP contribution is 2.33. The van der Waals surface area contributed by atoms with Crippen LogP contribution in [0.2, 0.25) is 0 Å². The maximum atomic E-state index is 5.73. The number of nitrogens with one attached hydrogen (secondary N) is 1. The molecule has 1 atom stereocenters. The number of methoxy groups -OCH3 is 1. The van der Waals surface area contributed by atoms with Gasteiger partial charge in [-0.1, -0.05) is 5.16 Å². The number of ether oxygens (including phenoxy) is 2. The lowest BCUT2D eigenvalue weighted by Crippen LogP contribution is -2.44. The van der Waals surface area contributed by atoms with Gasteiger partial charge < -0.3 is 19.3 Å². The summed E-state index contributed by atoms with van der Waals surface area (Å²) in [6.07, 6.45) is 0.0779. The van der Waals surface area contributed by atoms with Crippen molar-refractivity contribution in [2.45, 2.75) is 26.0 Å². The zero-order valence-corrected chi connectivity index (χ0v) is 14.6. The van der Waals surface area contributed by atoms with E-state index >= 15 is 0 Å². The standard InChI is InChI=1S/C17H24N4O3/c1-11(2)23-14-6-5-12(9-15(14)22-4)17-19-16(20-24-17)13-10-18-7-8-21(13)3/h5-6,9,11,13,18H,7-8,10H2,1-4H3. The minimum absolute atomic E-state index is 0.0779. The van der Waals surface area contributed by atoms with Crippen LogP contribution in [0.3, 0.4) is 0 Å². The van der Waals surface area contributed by atoms with Crippen LogP contribution >= 0.6 is 0 Å². The fourth-order valence-corrected chi connectivity index (χ4v) is 2.73. The number of piperazine rings is 1. The molecule has 0 aliphatic carbocycles. The molecule has 130 valence electrons. The summed E-state index contributed by atoms with van der Waals surface area (Å²) >= 11 is 0. The lowest BCUT2D eigenvalue weighted by molar-refractivity contribution is 0.190. The van der Waals surface area contributed by atoms with Gasteiger partial charge in [0.2, 0.25) is 0 Å². The second-order valence-corrected chi connectivity index (χ2v) is 6.19. The molecule has 1 fully saturated rings. The van der Waals surface area contributed by atoms with Crippen LogP contribution in [0, 0.1) is 0 Å². The van der Waals surface area contributed by atoms with Crippen LogP contribution in [0.15, 0.2) is 22.7 Å². The van der Waals surface area contributed by atoms with E-state index in [-0.39, 0.29) is 12.1 Å². The van der Waals surface area contributed by atoms with Crippen molar-refractivity contribution < 1.29 is 14.0 Å². The fourth-order valence-electron chi connectivity index (χ4n) is 2.73. The largest absolute Gasteiger partial charge is 0.493 e. The maximum Gasteiger partial charge on any atom is 0.258 e. The van der Waals surface area contributed by atoms with E-state index in [1.165, 1.54) is 0 Å². The molecule has 1 aromatic carbocycles. The number of benzene rings is 1. The van der Waals surface area contributed by atoms with Gasteiger partial charge in [-0.15, -0.1) is 0 Å². The Morgan fingerprint density at radius 1 is 1.33 bits per heavy atom. The quantitative estimate of drug-likeness (QED) is 0.899. The Hall–Kier alpha value is -2.12. The molecule has 7 heteroatoms. The number of nitrogens with zero attached hydrogens (tertiary/aromatic N) is 3. The lowest BCUT2D eigenvalue weighted by atomic mass is 10.2. The molecule has 0 saturated carbocycles. The van der Waals surface area contributed by atoms with E-state index in [9.17, 15) is 0 Å². The van der Waals surface area contributed by atoms with Crippen LogP contribution in [0.25, 0.3) is 11.5 Å².